The maximum Gasteiger partial charge on any atom is 0.412 e. The van der Waals surface area contributed by atoms with Crippen LogP contribution in [0.3, 0.4) is 0 Å². The van der Waals surface area contributed by atoms with Crippen molar-refractivity contribution in [3.05, 3.63) is 82.9 Å². The van der Waals surface area contributed by atoms with E-state index in [9.17, 15) is 14.4 Å². The van der Waals surface area contributed by atoms with E-state index in [0.717, 1.165) is 22.0 Å². The van der Waals surface area contributed by atoms with Gasteiger partial charge in [-0.3, -0.25) is 20.1 Å². The number of carbonyl (C=O) groups is 3. The number of likely N-dealkylation sites (tertiary alicyclic amines) is 1. The van der Waals surface area contributed by atoms with Crippen LogP contribution in [-0.4, -0.2) is 59.0 Å². The second-order valence-electron chi connectivity index (χ2n) is 10.8. The molecule has 0 saturated carbocycles. The molecule has 6 rings (SSSR count). The molecule has 12 heteroatoms. The zero-order chi connectivity index (χ0) is 30.1. The van der Waals surface area contributed by atoms with Crippen molar-refractivity contribution in [2.24, 2.45) is 7.05 Å². The molecule has 3 amide bonds. The lowest BCUT2D eigenvalue weighted by atomic mass is 9.83. The lowest BCUT2D eigenvalue weighted by molar-refractivity contribution is -0.139. The summed E-state index contributed by atoms with van der Waals surface area (Å²) in [5.74, 6) is 0.400. The maximum atomic E-state index is 14.3. The number of methoxy groups -OCH3 is 1. The number of nitrogens with zero attached hydrogens (tertiary/aromatic N) is 3. The number of rotatable bonds is 6. The summed E-state index contributed by atoms with van der Waals surface area (Å²) >= 11 is 6.34. The van der Waals surface area contributed by atoms with Crippen molar-refractivity contribution in [3.63, 3.8) is 0 Å². The molecule has 43 heavy (non-hydrogen) atoms. The number of ether oxygens (including phenoxy) is 2. The van der Waals surface area contributed by atoms with Gasteiger partial charge in [-0.15, -0.1) is 0 Å². The van der Waals surface area contributed by atoms with E-state index in [2.05, 4.69) is 21.0 Å². The van der Waals surface area contributed by atoms with E-state index in [0.29, 0.717) is 48.0 Å². The van der Waals surface area contributed by atoms with Crippen LogP contribution in [-0.2, 0) is 33.3 Å². The highest BCUT2D eigenvalue weighted by atomic mass is 35.5. The van der Waals surface area contributed by atoms with Crippen molar-refractivity contribution in [1.82, 2.24) is 14.7 Å². The Kier molecular flexibility index (Phi) is 7.57. The standard InChI is InChI=1S/C31H31ClN6O5/c1-37-26-17-21(33-29(40)42-2)10-11-22(26)27(36-37)34-25(15-19-7-4-3-5-8-19)28(39)38-14-6-13-31(18-38)23-16-20(32)9-12-24(23)35-30(41)43-31/h3-5,7-12,16-17,25H,6,13-15,18H2,1-2H3,(H,33,40)(H,34,36)(H,35,41)/t25?,31-/m0/s1. The number of halogens is 1. The lowest BCUT2D eigenvalue weighted by Gasteiger charge is -2.45. The van der Waals surface area contributed by atoms with Crippen LogP contribution in [0.25, 0.3) is 10.9 Å². The minimum Gasteiger partial charge on any atom is -0.453 e. The Balaban J connectivity index is 1.32. The average Bonchev–Trinajstić information content (AvgIpc) is 3.31. The second kappa shape index (κ2) is 11.5. The Morgan fingerprint density at radius 3 is 2.77 bits per heavy atom. The molecule has 1 spiro atoms. The number of aromatic nitrogens is 2. The van der Waals surface area contributed by atoms with Crippen molar-refractivity contribution < 1.29 is 23.9 Å². The summed E-state index contributed by atoms with van der Waals surface area (Å²) in [5.41, 5.74) is 2.69. The number of hydrogen-bond acceptors (Lipinski definition) is 7. The topological polar surface area (TPSA) is 127 Å². The molecule has 2 aliphatic rings. The van der Waals surface area contributed by atoms with Gasteiger partial charge >= 0.3 is 12.2 Å². The monoisotopic (exact) mass is 602 g/mol. The number of benzene rings is 3. The van der Waals surface area contributed by atoms with Crippen molar-refractivity contribution in [2.45, 2.75) is 30.9 Å². The van der Waals surface area contributed by atoms with Gasteiger partial charge in [-0.05, 0) is 54.8 Å². The van der Waals surface area contributed by atoms with E-state index in [4.69, 9.17) is 21.1 Å². The Bertz CT molecular complexity index is 1710. The molecule has 3 aromatic carbocycles. The molecule has 1 unspecified atom stereocenters. The predicted molar refractivity (Wildman–Crippen MR) is 163 cm³/mol. The van der Waals surface area contributed by atoms with Gasteiger partial charge in [0.15, 0.2) is 11.4 Å². The Morgan fingerprint density at radius 1 is 1.16 bits per heavy atom. The van der Waals surface area contributed by atoms with Crippen LogP contribution in [0.1, 0.15) is 24.0 Å². The van der Waals surface area contributed by atoms with Crippen LogP contribution >= 0.6 is 11.6 Å². The van der Waals surface area contributed by atoms with Gasteiger partial charge in [-0.2, -0.15) is 5.10 Å². The molecule has 1 saturated heterocycles. The quantitative estimate of drug-likeness (QED) is 0.266. The van der Waals surface area contributed by atoms with Crippen molar-refractivity contribution in [3.8, 4) is 0 Å². The molecule has 0 aliphatic carbocycles. The largest absolute Gasteiger partial charge is 0.453 e. The molecule has 3 heterocycles. The van der Waals surface area contributed by atoms with Crippen LogP contribution in [0.5, 0.6) is 0 Å². The van der Waals surface area contributed by atoms with E-state index in [-0.39, 0.29) is 12.5 Å². The molecule has 1 aromatic heterocycles. The summed E-state index contributed by atoms with van der Waals surface area (Å²) in [6.45, 7) is 0.713. The van der Waals surface area contributed by atoms with E-state index in [1.807, 2.05) is 36.4 Å². The van der Waals surface area contributed by atoms with Gasteiger partial charge in [0.2, 0.25) is 5.91 Å². The highest BCUT2D eigenvalue weighted by Gasteiger charge is 2.47. The van der Waals surface area contributed by atoms with Gasteiger partial charge in [-0.25, -0.2) is 9.59 Å². The summed E-state index contributed by atoms with van der Waals surface area (Å²) in [4.78, 5) is 40.4. The second-order valence-corrected chi connectivity index (χ2v) is 11.2. The minimum absolute atomic E-state index is 0.135. The molecule has 11 nitrogen and oxygen atoms in total. The normalized spacial score (nSPS) is 18.4. The molecule has 4 aromatic rings. The van der Waals surface area contributed by atoms with Crippen LogP contribution in [0.4, 0.5) is 26.8 Å². The Hall–Kier alpha value is -4.77. The van der Waals surface area contributed by atoms with Gasteiger partial charge < -0.3 is 19.7 Å². The highest BCUT2D eigenvalue weighted by Crippen LogP contribution is 2.43. The summed E-state index contributed by atoms with van der Waals surface area (Å²) in [6, 6.07) is 19.8. The van der Waals surface area contributed by atoms with E-state index >= 15 is 0 Å². The molecular formula is C31H31ClN6O5. The minimum atomic E-state index is -1.01. The first kappa shape index (κ1) is 28.4. The van der Waals surface area contributed by atoms with Crippen LogP contribution in [0.15, 0.2) is 66.7 Å². The molecule has 0 radical (unpaired) electrons. The maximum absolute atomic E-state index is 14.3. The SMILES string of the molecule is COC(=O)Nc1ccc2c(NC(Cc3ccccc3)C(=O)N3CCC[C@@]4(C3)OC(=O)Nc3ccc(Cl)cc34)nn(C)c2c1. The van der Waals surface area contributed by atoms with Crippen LogP contribution in [0, 0.1) is 0 Å². The first-order valence-electron chi connectivity index (χ1n) is 14.0. The fourth-order valence-electron chi connectivity index (χ4n) is 5.93. The number of piperidine rings is 1. The molecule has 2 aliphatic heterocycles. The molecule has 3 N–H and O–H groups in total. The number of anilines is 3. The number of carbonyl (C=O) groups excluding carboxylic acids is 3. The number of hydrogen-bond donors (Lipinski definition) is 3. The van der Waals surface area contributed by atoms with Crippen molar-refractivity contribution in [1.29, 1.82) is 0 Å². The third kappa shape index (κ3) is 5.68. The van der Waals surface area contributed by atoms with Gasteiger partial charge in [0, 0.05) is 41.7 Å². The van der Waals surface area contributed by atoms with Gasteiger partial charge in [-0.1, -0.05) is 41.9 Å². The number of amides is 3. The summed E-state index contributed by atoms with van der Waals surface area (Å²) in [5, 5.41) is 14.8. The van der Waals surface area contributed by atoms with E-state index in [1.165, 1.54) is 7.11 Å². The third-order valence-corrected chi connectivity index (χ3v) is 8.17. The summed E-state index contributed by atoms with van der Waals surface area (Å²) in [7, 11) is 3.10. The van der Waals surface area contributed by atoms with Crippen LogP contribution in [0.2, 0.25) is 5.02 Å². The fourth-order valence-corrected chi connectivity index (χ4v) is 6.10. The first-order valence-corrected chi connectivity index (χ1v) is 14.3. The molecular weight excluding hydrogens is 572 g/mol. The smallest absolute Gasteiger partial charge is 0.412 e. The van der Waals surface area contributed by atoms with E-state index < -0.39 is 23.8 Å². The highest BCUT2D eigenvalue weighted by molar-refractivity contribution is 6.30. The molecule has 1 fully saturated rings. The third-order valence-electron chi connectivity index (χ3n) is 7.94. The Morgan fingerprint density at radius 2 is 1.98 bits per heavy atom. The number of fused-ring (bicyclic) bond motifs is 3. The van der Waals surface area contributed by atoms with Gasteiger partial charge in [0.1, 0.15) is 6.04 Å². The van der Waals surface area contributed by atoms with Gasteiger partial charge in [0.05, 0.1) is 24.9 Å². The number of nitrogens with one attached hydrogen (secondary N) is 3. The fraction of sp³-hybridized carbons (Fsp3) is 0.290. The van der Waals surface area contributed by atoms with Crippen LogP contribution < -0.4 is 16.0 Å². The van der Waals surface area contributed by atoms with E-state index in [1.54, 1.807) is 47.0 Å². The predicted octanol–water partition coefficient (Wildman–Crippen LogP) is 5.51. The van der Waals surface area contributed by atoms with Crippen molar-refractivity contribution in [2.75, 3.05) is 36.1 Å². The summed E-state index contributed by atoms with van der Waals surface area (Å²) in [6.07, 6.45) is 0.501. The molecule has 2 atom stereocenters. The van der Waals surface area contributed by atoms with Crippen molar-refractivity contribution >= 4 is 57.8 Å². The summed E-state index contributed by atoms with van der Waals surface area (Å²) < 4.78 is 12.3. The Labute approximate surface area is 253 Å². The zero-order valence-electron chi connectivity index (χ0n) is 23.7. The lowest BCUT2D eigenvalue weighted by Crippen LogP contribution is -2.56. The molecule has 0 bridgehead atoms. The van der Waals surface area contributed by atoms with Gasteiger partial charge in [0.25, 0.3) is 0 Å². The number of aryl methyl sites for hydroxylation is 1. The average molecular weight is 603 g/mol. The molecule has 222 valence electrons. The first-order chi connectivity index (χ1) is 20.7. The zero-order valence-corrected chi connectivity index (χ0v) is 24.5.